The Morgan fingerprint density at radius 1 is 0.430 bits per heavy atom. The highest BCUT2D eigenvalue weighted by atomic mass is 16.7. The summed E-state index contributed by atoms with van der Waals surface area (Å²) in [7, 11) is 0. The lowest BCUT2D eigenvalue weighted by molar-refractivity contribution is -0.156. The van der Waals surface area contributed by atoms with E-state index in [2.05, 4.69) is 60.6 Å². The van der Waals surface area contributed by atoms with E-state index in [1.165, 1.54) is 57.1 Å². The van der Waals surface area contributed by atoms with Crippen molar-refractivity contribution in [1.29, 1.82) is 0 Å². The summed E-state index contributed by atoms with van der Waals surface area (Å²) in [6.07, 6.45) is 13.2. The molecule has 9 saturated heterocycles. The second-order valence-corrected chi connectivity index (χ2v) is 26.9. The van der Waals surface area contributed by atoms with Crippen LogP contribution in [-0.4, -0.2) is 146 Å². The quantitative estimate of drug-likeness (QED) is 0.122. The zero-order valence-corrected chi connectivity index (χ0v) is 47.0. The lowest BCUT2D eigenvalue weighted by Crippen LogP contribution is -2.40. The minimum absolute atomic E-state index is 0.0000694. The number of hydrogen-bond donors (Lipinski definition) is 0. The topological polar surface area (TPSA) is 196 Å². The zero-order valence-electron chi connectivity index (χ0n) is 47.0. The van der Waals surface area contributed by atoms with Crippen LogP contribution in [0.4, 0.5) is 0 Å². The van der Waals surface area contributed by atoms with Crippen molar-refractivity contribution in [3.63, 3.8) is 0 Å². The molecule has 9 heterocycles. The fourth-order valence-corrected chi connectivity index (χ4v) is 18.2. The van der Waals surface area contributed by atoms with Crippen molar-refractivity contribution in [2.24, 2.45) is 71.0 Å². The molecule has 27 atom stereocenters. The number of carbonyl (C=O) groups is 5. The van der Waals surface area contributed by atoms with Gasteiger partial charge in [-0.15, -0.1) is 0 Å². The molecule has 432 valence electrons. The van der Waals surface area contributed by atoms with Gasteiger partial charge in [-0.25, -0.2) is 24.0 Å². The van der Waals surface area contributed by atoms with E-state index in [1.807, 2.05) is 0 Å². The first-order chi connectivity index (χ1) is 37.5. The van der Waals surface area contributed by atoms with Crippen molar-refractivity contribution in [3.05, 3.63) is 61.8 Å². The SMILES string of the molecule is C=C(C)C(=O)OC1C2CC3C(O2)C1OC3(C)C.C=C(C)C(=O)OC1C2CC3C1OC1CCC2C13.C=C(C)C(=O)OC1C2CC3COC1C3C2.C=CC(=O)OC1C2CC3C(O2)C1OC3(C)C.C=CC(=O)OC1C2CC3COC1C3C2. The first-order valence-corrected chi connectivity index (χ1v) is 29.4. The van der Waals surface area contributed by atoms with Gasteiger partial charge in [-0.2, -0.15) is 0 Å². The fraction of sp³-hybridized carbons (Fsp3) is 0.758. The minimum atomic E-state index is -0.397. The van der Waals surface area contributed by atoms with E-state index in [9.17, 15) is 24.0 Å². The number of carbonyl (C=O) groups excluding carboxylic acids is 5. The lowest BCUT2D eigenvalue weighted by Gasteiger charge is -2.31. The largest absolute Gasteiger partial charge is 0.456 e. The van der Waals surface area contributed by atoms with Gasteiger partial charge in [0.25, 0.3) is 0 Å². The van der Waals surface area contributed by atoms with Gasteiger partial charge in [-0.3, -0.25) is 0 Å². The summed E-state index contributed by atoms with van der Waals surface area (Å²) in [4.78, 5) is 57.1. The average molecular weight is 1100 g/mol. The van der Waals surface area contributed by atoms with Crippen molar-refractivity contribution in [1.82, 2.24) is 0 Å². The highest BCUT2D eigenvalue weighted by Gasteiger charge is 2.70. The van der Waals surface area contributed by atoms with Crippen molar-refractivity contribution in [3.8, 4) is 0 Å². The summed E-state index contributed by atoms with van der Waals surface area (Å²) >= 11 is 0. The Morgan fingerprint density at radius 2 is 0.861 bits per heavy atom. The fourth-order valence-electron chi connectivity index (χ4n) is 18.2. The van der Waals surface area contributed by atoms with Gasteiger partial charge in [0.1, 0.15) is 30.5 Å². The normalized spacial score (nSPS) is 47.9. The summed E-state index contributed by atoms with van der Waals surface area (Å²) in [6, 6.07) is 0. The Bertz CT molecular complexity index is 2530. The molecule has 16 fully saturated rings. The number of rotatable bonds is 10. The molecule has 0 aromatic rings. The molecule has 0 N–H and O–H groups in total. The minimum Gasteiger partial charge on any atom is -0.456 e. The van der Waals surface area contributed by atoms with E-state index in [0.717, 1.165) is 49.7 Å². The van der Waals surface area contributed by atoms with Crippen LogP contribution in [0.1, 0.15) is 106 Å². The predicted octanol–water partition coefficient (Wildman–Crippen LogP) is 7.07. The van der Waals surface area contributed by atoms with Crippen LogP contribution in [0, 0.1) is 71.0 Å². The number of fused-ring (bicyclic) bond motifs is 6. The van der Waals surface area contributed by atoms with Gasteiger partial charge in [0.05, 0.1) is 73.2 Å². The van der Waals surface area contributed by atoms with Crippen LogP contribution in [0.25, 0.3) is 0 Å². The highest BCUT2D eigenvalue weighted by molar-refractivity contribution is 5.88. The molecular weight excluding hydrogens is 1020 g/mol. The second kappa shape index (κ2) is 20.6. The molecule has 17 heteroatoms. The molecule has 16 aliphatic rings. The van der Waals surface area contributed by atoms with Crippen molar-refractivity contribution < 1.29 is 80.8 Å². The summed E-state index contributed by atoms with van der Waals surface area (Å²) in [5, 5.41) is 0. The predicted molar refractivity (Wildman–Crippen MR) is 281 cm³/mol. The van der Waals surface area contributed by atoms with Crippen LogP contribution in [0.3, 0.4) is 0 Å². The second-order valence-electron chi connectivity index (χ2n) is 26.9. The molecule has 10 bridgehead atoms. The molecule has 0 radical (unpaired) electrons. The Labute approximate surface area is 464 Å². The van der Waals surface area contributed by atoms with Gasteiger partial charge in [0, 0.05) is 46.6 Å². The summed E-state index contributed by atoms with van der Waals surface area (Å²) in [6.45, 7) is 32.8. The Hall–Kier alpha value is -4.23. The van der Waals surface area contributed by atoms with Crippen LogP contribution in [-0.2, 0) is 80.8 Å². The van der Waals surface area contributed by atoms with Crippen LogP contribution in [0.15, 0.2) is 61.8 Å². The third-order valence-electron chi connectivity index (χ3n) is 21.5. The molecule has 7 aliphatic carbocycles. The molecule has 0 aromatic carbocycles. The molecule has 9 aliphatic heterocycles. The summed E-state index contributed by atoms with van der Waals surface area (Å²) in [5.74, 6) is 5.92. The first-order valence-electron chi connectivity index (χ1n) is 29.4. The van der Waals surface area contributed by atoms with E-state index in [-0.39, 0.29) is 121 Å². The molecule has 27 unspecified atom stereocenters. The van der Waals surface area contributed by atoms with Crippen LogP contribution >= 0.6 is 0 Å². The van der Waals surface area contributed by atoms with Gasteiger partial charge in [0.2, 0.25) is 0 Å². The third kappa shape index (κ3) is 9.43. The number of esters is 5. The Morgan fingerprint density at radius 3 is 1.34 bits per heavy atom. The Kier molecular flexibility index (Phi) is 14.4. The molecule has 7 saturated carbocycles. The standard InChI is InChI=1S/C14H18O3.C13H18O4.C12H16O4.C12H16O3.C11H14O3/c1-6(2)14(15)17-12-8-5-9-11-7(8)3-4-10(11)16-13(9)12;1-6(2)12(14)16-10-8-5-7-9(15-8)11(10)17-13(7,3)4;1-4-8(13)15-10-7-5-6-9(14-7)11(10)16-12(6,2)3;1-6(2)12(13)15-10-7-3-8-5-14-11(10)9(8)4-7;1-2-9(12)14-10-6-3-7-5-13-11(10)8(7)4-6/h7-13H,1,3-5H2,2H3;7-11H,1,5H2,2-4H3;4,6-7,9-11H,1,5H2,2-3H3;7-11H,1,3-5H2,2H3;2,6-8,10-11H,1,3-5H2. The van der Waals surface area contributed by atoms with Gasteiger partial charge >= 0.3 is 29.8 Å². The molecule has 79 heavy (non-hydrogen) atoms. The molecule has 17 nitrogen and oxygen atoms in total. The number of ether oxygens (including phenoxy) is 12. The monoisotopic (exact) mass is 1100 g/mol. The van der Waals surface area contributed by atoms with Gasteiger partial charge in [-0.1, -0.05) is 32.9 Å². The van der Waals surface area contributed by atoms with Crippen LogP contribution in [0.5, 0.6) is 0 Å². The number of hydrogen-bond acceptors (Lipinski definition) is 17. The van der Waals surface area contributed by atoms with E-state index in [0.29, 0.717) is 70.2 Å². The van der Waals surface area contributed by atoms with E-state index in [1.54, 1.807) is 20.8 Å². The van der Waals surface area contributed by atoms with Crippen molar-refractivity contribution in [2.75, 3.05) is 13.2 Å². The average Bonchev–Trinajstić information content (AvgIpc) is 4.43. The first kappa shape index (κ1) is 55.3. The molecule has 16 rings (SSSR count). The summed E-state index contributed by atoms with van der Waals surface area (Å²) in [5.41, 5.74) is 1.05. The van der Waals surface area contributed by atoms with Crippen molar-refractivity contribution >= 4 is 29.8 Å². The van der Waals surface area contributed by atoms with Crippen LogP contribution < -0.4 is 0 Å². The van der Waals surface area contributed by atoms with Gasteiger partial charge < -0.3 is 56.8 Å². The maximum absolute atomic E-state index is 11.7. The molecule has 0 spiro atoms. The van der Waals surface area contributed by atoms with E-state index < -0.39 is 5.97 Å². The van der Waals surface area contributed by atoms with E-state index in [4.69, 9.17) is 56.8 Å². The lowest BCUT2D eigenvalue weighted by atomic mass is 9.80. The highest BCUT2D eigenvalue weighted by Crippen LogP contribution is 2.66. The van der Waals surface area contributed by atoms with Gasteiger partial charge in [-0.05, 0) is 160 Å². The Balaban J connectivity index is 0.0000000988. The maximum atomic E-state index is 11.7. The summed E-state index contributed by atoms with van der Waals surface area (Å²) < 4.78 is 68.3. The molecule has 0 amide bonds. The smallest absolute Gasteiger partial charge is 0.333 e. The van der Waals surface area contributed by atoms with E-state index >= 15 is 0 Å². The van der Waals surface area contributed by atoms with Crippen molar-refractivity contribution in [2.45, 2.75) is 209 Å². The molecular formula is C62H82O17. The maximum Gasteiger partial charge on any atom is 0.333 e. The van der Waals surface area contributed by atoms with Gasteiger partial charge in [0.15, 0.2) is 12.2 Å². The third-order valence-corrected chi connectivity index (χ3v) is 21.5. The van der Waals surface area contributed by atoms with Crippen LogP contribution in [0.2, 0.25) is 0 Å². The zero-order chi connectivity index (χ0) is 55.9. The molecule has 0 aromatic heterocycles.